The maximum absolute atomic E-state index is 4.25. The van der Waals surface area contributed by atoms with E-state index in [2.05, 4.69) is 35.4 Å². The summed E-state index contributed by atoms with van der Waals surface area (Å²) in [5.74, 6) is 0. The molecular formula is C11H11N. The summed E-state index contributed by atoms with van der Waals surface area (Å²) in [7, 11) is 0. The quantitative estimate of drug-likeness (QED) is 0.564. The van der Waals surface area contributed by atoms with E-state index in [-0.39, 0.29) is 0 Å². The van der Waals surface area contributed by atoms with Crippen molar-refractivity contribution in [3.05, 3.63) is 41.2 Å². The lowest BCUT2D eigenvalue weighted by Gasteiger charge is -1.99. The molecule has 2 rings (SSSR count). The van der Waals surface area contributed by atoms with Gasteiger partial charge in [0.1, 0.15) is 0 Å². The molecule has 0 N–H and O–H groups in total. The third kappa shape index (κ3) is 1.30. The molecular weight excluding hydrogens is 146 g/mol. The van der Waals surface area contributed by atoms with Crippen molar-refractivity contribution < 1.29 is 0 Å². The molecule has 0 aliphatic heterocycles. The number of aryl methyl sites for hydroxylation is 1. The van der Waals surface area contributed by atoms with Crippen molar-refractivity contribution >= 4 is 12.2 Å². The number of pyridine rings is 1. The van der Waals surface area contributed by atoms with E-state index in [0.29, 0.717) is 0 Å². The Morgan fingerprint density at radius 3 is 2.75 bits per heavy atom. The maximum atomic E-state index is 4.25. The fraction of sp³-hybridized carbons (Fsp3) is 0.182. The number of nitrogens with zero attached hydrogens (tertiary/aromatic N) is 1. The summed E-state index contributed by atoms with van der Waals surface area (Å²) in [4.78, 5) is 4.25. The van der Waals surface area contributed by atoms with Crippen molar-refractivity contribution in [1.29, 1.82) is 0 Å². The highest BCUT2D eigenvalue weighted by molar-refractivity contribution is 5.66. The van der Waals surface area contributed by atoms with Gasteiger partial charge in [-0.3, -0.25) is 4.98 Å². The van der Waals surface area contributed by atoms with Crippen molar-refractivity contribution in [1.82, 2.24) is 4.98 Å². The number of rotatable bonds is 0. The first-order valence-electron chi connectivity index (χ1n) is 4.16. The van der Waals surface area contributed by atoms with Crippen LogP contribution < -0.4 is 0 Å². The van der Waals surface area contributed by atoms with E-state index in [1.807, 2.05) is 13.1 Å². The molecule has 0 aromatic carbocycles. The van der Waals surface area contributed by atoms with Crippen LogP contribution in [-0.4, -0.2) is 4.98 Å². The highest BCUT2D eigenvalue weighted by Gasteiger charge is 1.98. The molecule has 0 atom stereocenters. The van der Waals surface area contributed by atoms with Crippen LogP contribution in [0.2, 0.25) is 0 Å². The van der Waals surface area contributed by atoms with Crippen LogP contribution in [0.25, 0.3) is 12.2 Å². The fourth-order valence-corrected chi connectivity index (χ4v) is 1.34. The Kier molecular flexibility index (Phi) is 1.78. The molecule has 0 bridgehead atoms. The van der Waals surface area contributed by atoms with Crippen LogP contribution in [0.1, 0.15) is 23.2 Å². The minimum atomic E-state index is 1.02. The van der Waals surface area contributed by atoms with Crippen LogP contribution in [0.15, 0.2) is 24.4 Å². The number of aromatic nitrogens is 1. The zero-order chi connectivity index (χ0) is 8.39. The van der Waals surface area contributed by atoms with Gasteiger partial charge in [0.05, 0.1) is 0 Å². The average Bonchev–Trinajstić information content (AvgIpc) is 2.28. The largest absolute Gasteiger partial charge is 0.261 e. The standard InChI is InChI=1S/C11H11N/c1-9-7-10-5-3-2-4-6-11(10)8-12-9/h3-8H,2H2,1H3. The van der Waals surface area contributed by atoms with Crippen molar-refractivity contribution in [2.45, 2.75) is 13.3 Å². The fourth-order valence-electron chi connectivity index (χ4n) is 1.34. The lowest BCUT2D eigenvalue weighted by Crippen LogP contribution is -1.85. The van der Waals surface area contributed by atoms with Gasteiger partial charge in [-0.15, -0.1) is 0 Å². The van der Waals surface area contributed by atoms with E-state index < -0.39 is 0 Å². The molecule has 1 aromatic heterocycles. The predicted molar refractivity (Wildman–Crippen MR) is 51.7 cm³/mol. The van der Waals surface area contributed by atoms with Crippen LogP contribution in [0.4, 0.5) is 0 Å². The van der Waals surface area contributed by atoms with Gasteiger partial charge >= 0.3 is 0 Å². The van der Waals surface area contributed by atoms with Crippen LogP contribution in [-0.2, 0) is 0 Å². The summed E-state index contributed by atoms with van der Waals surface area (Å²) in [6.45, 7) is 2.02. The van der Waals surface area contributed by atoms with E-state index >= 15 is 0 Å². The van der Waals surface area contributed by atoms with Crippen molar-refractivity contribution in [3.8, 4) is 0 Å². The summed E-state index contributed by atoms with van der Waals surface area (Å²) in [6, 6.07) is 2.11. The lowest BCUT2D eigenvalue weighted by molar-refractivity contribution is 1.19. The third-order valence-electron chi connectivity index (χ3n) is 1.97. The van der Waals surface area contributed by atoms with Crippen molar-refractivity contribution in [2.24, 2.45) is 0 Å². The molecule has 12 heavy (non-hydrogen) atoms. The van der Waals surface area contributed by atoms with Crippen molar-refractivity contribution in [3.63, 3.8) is 0 Å². The number of fused-ring (bicyclic) bond motifs is 1. The van der Waals surface area contributed by atoms with Gasteiger partial charge in [0, 0.05) is 11.9 Å². The zero-order valence-electron chi connectivity index (χ0n) is 7.12. The van der Waals surface area contributed by atoms with Crippen LogP contribution in [0, 0.1) is 6.92 Å². The number of hydrogen-bond donors (Lipinski definition) is 0. The summed E-state index contributed by atoms with van der Waals surface area (Å²) in [5, 5.41) is 0. The summed E-state index contributed by atoms with van der Waals surface area (Å²) in [6.07, 6.45) is 11.6. The Hall–Kier alpha value is -1.37. The molecule has 1 aliphatic carbocycles. The molecule has 0 spiro atoms. The van der Waals surface area contributed by atoms with Gasteiger partial charge in [0.15, 0.2) is 0 Å². The smallest absolute Gasteiger partial charge is 0.0379 e. The Morgan fingerprint density at radius 1 is 1.17 bits per heavy atom. The zero-order valence-corrected chi connectivity index (χ0v) is 7.12. The highest BCUT2D eigenvalue weighted by atomic mass is 14.7. The minimum absolute atomic E-state index is 1.02. The second kappa shape index (κ2) is 2.94. The normalized spacial score (nSPS) is 14.1. The molecule has 1 aromatic rings. The van der Waals surface area contributed by atoms with Gasteiger partial charge in [0.2, 0.25) is 0 Å². The molecule has 0 amide bonds. The molecule has 1 aliphatic rings. The lowest BCUT2D eigenvalue weighted by atomic mass is 10.1. The topological polar surface area (TPSA) is 12.9 Å². The Bertz CT molecular complexity index is 348. The molecule has 0 saturated carbocycles. The number of allylic oxidation sites excluding steroid dienone is 2. The molecule has 0 radical (unpaired) electrons. The van der Waals surface area contributed by atoms with E-state index in [1.54, 1.807) is 0 Å². The molecule has 1 nitrogen and oxygen atoms in total. The summed E-state index contributed by atoms with van der Waals surface area (Å²) >= 11 is 0. The molecule has 0 unspecified atom stereocenters. The monoisotopic (exact) mass is 157 g/mol. The van der Waals surface area contributed by atoms with Gasteiger partial charge in [-0.05, 0) is 30.5 Å². The Balaban J connectivity index is 2.58. The van der Waals surface area contributed by atoms with E-state index in [1.165, 1.54) is 11.1 Å². The first-order valence-corrected chi connectivity index (χ1v) is 4.16. The van der Waals surface area contributed by atoms with E-state index in [4.69, 9.17) is 0 Å². The van der Waals surface area contributed by atoms with Crippen LogP contribution in [0.3, 0.4) is 0 Å². The Morgan fingerprint density at radius 2 is 1.92 bits per heavy atom. The van der Waals surface area contributed by atoms with Crippen LogP contribution >= 0.6 is 0 Å². The minimum Gasteiger partial charge on any atom is -0.261 e. The Labute approximate surface area is 72.5 Å². The third-order valence-corrected chi connectivity index (χ3v) is 1.97. The first-order chi connectivity index (χ1) is 5.86. The van der Waals surface area contributed by atoms with Crippen LogP contribution in [0.5, 0.6) is 0 Å². The highest BCUT2D eigenvalue weighted by Crippen LogP contribution is 2.16. The van der Waals surface area contributed by atoms with Gasteiger partial charge in [-0.1, -0.05) is 24.3 Å². The van der Waals surface area contributed by atoms with E-state index in [0.717, 1.165) is 12.1 Å². The summed E-state index contributed by atoms with van der Waals surface area (Å²) in [5.41, 5.74) is 3.57. The molecule has 1 heteroatoms. The van der Waals surface area contributed by atoms with E-state index in [9.17, 15) is 0 Å². The predicted octanol–water partition coefficient (Wildman–Crippen LogP) is 2.82. The summed E-state index contributed by atoms with van der Waals surface area (Å²) < 4.78 is 0. The molecule has 0 fully saturated rings. The SMILES string of the molecule is Cc1cc2c(cn1)C=CCC=C2. The first kappa shape index (κ1) is 7.29. The molecule has 1 heterocycles. The van der Waals surface area contributed by atoms with Gasteiger partial charge in [-0.25, -0.2) is 0 Å². The molecule has 60 valence electrons. The number of hydrogen-bond acceptors (Lipinski definition) is 1. The van der Waals surface area contributed by atoms with Gasteiger partial charge in [0.25, 0.3) is 0 Å². The van der Waals surface area contributed by atoms with Crippen molar-refractivity contribution in [2.75, 3.05) is 0 Å². The second-order valence-corrected chi connectivity index (χ2v) is 3.00. The average molecular weight is 157 g/mol. The maximum Gasteiger partial charge on any atom is 0.0379 e. The van der Waals surface area contributed by atoms with Gasteiger partial charge < -0.3 is 0 Å². The molecule has 0 saturated heterocycles. The van der Waals surface area contributed by atoms with Gasteiger partial charge in [-0.2, -0.15) is 0 Å². The second-order valence-electron chi connectivity index (χ2n) is 3.00.